The van der Waals surface area contributed by atoms with E-state index in [1.54, 1.807) is 12.1 Å². The first-order valence-corrected chi connectivity index (χ1v) is 7.51. The summed E-state index contributed by atoms with van der Waals surface area (Å²) in [7, 11) is 0. The molecule has 130 valence electrons. The number of amides is 2. The van der Waals surface area contributed by atoms with Crippen LogP contribution < -0.4 is 10.6 Å². The Kier molecular flexibility index (Phi) is 6.22. The predicted molar refractivity (Wildman–Crippen MR) is 89.5 cm³/mol. The van der Waals surface area contributed by atoms with Gasteiger partial charge in [-0.25, -0.2) is 4.39 Å². The molecule has 0 fully saturated rings. The van der Waals surface area contributed by atoms with E-state index in [4.69, 9.17) is 4.74 Å². The molecule has 0 radical (unpaired) electrons. The maximum Gasteiger partial charge on any atom is 0.325 e. The molecule has 2 N–H and O–H groups in total. The molecule has 0 unspecified atom stereocenters. The highest BCUT2D eigenvalue weighted by Crippen LogP contribution is 2.12. The monoisotopic (exact) mass is 344 g/mol. The van der Waals surface area contributed by atoms with Crippen LogP contribution in [0.4, 0.5) is 10.1 Å². The van der Waals surface area contributed by atoms with Gasteiger partial charge < -0.3 is 15.4 Å². The molecule has 25 heavy (non-hydrogen) atoms. The first kappa shape index (κ1) is 18.1. The van der Waals surface area contributed by atoms with Crippen molar-refractivity contribution in [3.63, 3.8) is 0 Å². The summed E-state index contributed by atoms with van der Waals surface area (Å²) >= 11 is 0. The first-order chi connectivity index (χ1) is 12.0. The van der Waals surface area contributed by atoms with Gasteiger partial charge in [0.05, 0.1) is 5.56 Å². The van der Waals surface area contributed by atoms with Crippen LogP contribution in [0.2, 0.25) is 0 Å². The lowest BCUT2D eigenvalue weighted by Crippen LogP contribution is -2.32. The van der Waals surface area contributed by atoms with Crippen molar-refractivity contribution < 1.29 is 23.5 Å². The number of anilines is 1. The van der Waals surface area contributed by atoms with Crippen LogP contribution in [0, 0.1) is 12.7 Å². The van der Waals surface area contributed by atoms with Crippen molar-refractivity contribution in [2.75, 3.05) is 18.5 Å². The fraction of sp³-hybridized carbons (Fsp3) is 0.167. The second-order valence-corrected chi connectivity index (χ2v) is 5.19. The number of aryl methyl sites for hydroxylation is 1. The lowest BCUT2D eigenvalue weighted by Gasteiger charge is -2.09. The molecule has 2 amide bonds. The van der Waals surface area contributed by atoms with Crippen LogP contribution in [0.25, 0.3) is 0 Å². The molecule has 0 bridgehead atoms. The Morgan fingerprint density at radius 1 is 1.04 bits per heavy atom. The van der Waals surface area contributed by atoms with Gasteiger partial charge in [-0.3, -0.25) is 14.4 Å². The normalized spacial score (nSPS) is 10.0. The summed E-state index contributed by atoms with van der Waals surface area (Å²) in [5.41, 5.74) is 1.32. The SMILES string of the molecule is Cc1ccccc1NC(=O)COC(=O)CNC(=O)c1ccccc1F. The average molecular weight is 344 g/mol. The van der Waals surface area contributed by atoms with Crippen LogP contribution in [-0.4, -0.2) is 30.9 Å². The largest absolute Gasteiger partial charge is 0.454 e. The lowest BCUT2D eigenvalue weighted by molar-refractivity contribution is -0.146. The van der Waals surface area contributed by atoms with E-state index < -0.39 is 36.8 Å². The van der Waals surface area contributed by atoms with E-state index in [1.807, 2.05) is 19.1 Å². The number of hydrogen-bond acceptors (Lipinski definition) is 4. The van der Waals surface area contributed by atoms with E-state index in [0.29, 0.717) is 5.69 Å². The zero-order chi connectivity index (χ0) is 18.2. The smallest absolute Gasteiger partial charge is 0.325 e. The van der Waals surface area contributed by atoms with Crippen molar-refractivity contribution in [3.05, 3.63) is 65.5 Å². The van der Waals surface area contributed by atoms with Crippen molar-refractivity contribution in [3.8, 4) is 0 Å². The standard InChI is InChI=1S/C18H17FN2O4/c1-12-6-2-5-9-15(12)21-16(22)11-25-17(23)10-20-18(24)13-7-3-4-8-14(13)19/h2-9H,10-11H2,1H3,(H,20,24)(H,21,22). The molecule has 0 atom stereocenters. The minimum atomic E-state index is -0.801. The lowest BCUT2D eigenvalue weighted by atomic mass is 10.2. The Morgan fingerprint density at radius 3 is 2.44 bits per heavy atom. The Balaban J connectivity index is 1.75. The number of carbonyl (C=O) groups is 3. The molecular weight excluding hydrogens is 327 g/mol. The number of para-hydroxylation sites is 1. The maximum atomic E-state index is 13.4. The molecule has 7 heteroatoms. The third kappa shape index (κ3) is 5.42. The summed E-state index contributed by atoms with van der Waals surface area (Å²) in [6, 6.07) is 12.6. The van der Waals surface area contributed by atoms with E-state index >= 15 is 0 Å². The number of halogens is 1. The van der Waals surface area contributed by atoms with Crippen molar-refractivity contribution in [1.82, 2.24) is 5.32 Å². The summed E-state index contributed by atoms with van der Waals surface area (Å²) in [4.78, 5) is 35.1. The van der Waals surface area contributed by atoms with E-state index in [9.17, 15) is 18.8 Å². The molecule has 0 aliphatic carbocycles. The number of benzene rings is 2. The van der Waals surface area contributed by atoms with Crippen molar-refractivity contribution in [1.29, 1.82) is 0 Å². The summed E-state index contributed by atoms with van der Waals surface area (Å²) in [5.74, 6) is -2.72. The number of rotatable bonds is 6. The highest BCUT2D eigenvalue weighted by Gasteiger charge is 2.13. The fourth-order valence-corrected chi connectivity index (χ4v) is 1.99. The number of ether oxygens (including phenoxy) is 1. The molecule has 2 rings (SSSR count). The molecule has 0 spiro atoms. The number of esters is 1. The third-order valence-electron chi connectivity index (χ3n) is 3.30. The van der Waals surface area contributed by atoms with Gasteiger partial charge in [-0.2, -0.15) is 0 Å². The van der Waals surface area contributed by atoms with Crippen LogP contribution in [0.15, 0.2) is 48.5 Å². The molecule has 2 aromatic rings. The van der Waals surface area contributed by atoms with Crippen molar-refractivity contribution >= 4 is 23.5 Å². The average Bonchev–Trinajstić information content (AvgIpc) is 2.60. The van der Waals surface area contributed by atoms with Gasteiger partial charge in [-0.15, -0.1) is 0 Å². The van der Waals surface area contributed by atoms with Crippen LogP contribution >= 0.6 is 0 Å². The minimum absolute atomic E-state index is 0.174. The minimum Gasteiger partial charge on any atom is -0.454 e. The topological polar surface area (TPSA) is 84.5 Å². The van der Waals surface area contributed by atoms with E-state index in [2.05, 4.69) is 10.6 Å². The first-order valence-electron chi connectivity index (χ1n) is 7.51. The molecule has 0 saturated carbocycles. The number of carbonyl (C=O) groups excluding carboxylic acids is 3. The third-order valence-corrected chi connectivity index (χ3v) is 3.30. The molecule has 2 aromatic carbocycles. The van der Waals surface area contributed by atoms with E-state index in [-0.39, 0.29) is 5.56 Å². The van der Waals surface area contributed by atoms with Gasteiger partial charge in [0.25, 0.3) is 11.8 Å². The van der Waals surface area contributed by atoms with Crippen LogP contribution in [-0.2, 0) is 14.3 Å². The van der Waals surface area contributed by atoms with Gasteiger partial charge in [0.15, 0.2) is 6.61 Å². The summed E-state index contributed by atoms with van der Waals surface area (Å²) in [5, 5.41) is 4.85. The van der Waals surface area contributed by atoms with Gasteiger partial charge >= 0.3 is 5.97 Å². The maximum absolute atomic E-state index is 13.4. The predicted octanol–water partition coefficient (Wildman–Crippen LogP) is 2.05. The zero-order valence-electron chi connectivity index (χ0n) is 13.5. The second-order valence-electron chi connectivity index (χ2n) is 5.19. The van der Waals surface area contributed by atoms with E-state index in [1.165, 1.54) is 18.2 Å². The Bertz CT molecular complexity index is 792. The van der Waals surface area contributed by atoms with Crippen LogP contribution in [0.1, 0.15) is 15.9 Å². The fourth-order valence-electron chi connectivity index (χ4n) is 1.99. The summed E-state index contributed by atoms with van der Waals surface area (Å²) in [6.45, 7) is 0.882. The molecule has 0 aliphatic heterocycles. The molecular formula is C18H17FN2O4. The van der Waals surface area contributed by atoms with Gasteiger partial charge in [0, 0.05) is 5.69 Å². The highest BCUT2D eigenvalue weighted by atomic mass is 19.1. The molecule has 0 aromatic heterocycles. The quantitative estimate of drug-likeness (QED) is 0.786. The van der Waals surface area contributed by atoms with Gasteiger partial charge in [-0.1, -0.05) is 30.3 Å². The van der Waals surface area contributed by atoms with Crippen molar-refractivity contribution in [2.45, 2.75) is 6.92 Å². The van der Waals surface area contributed by atoms with Crippen LogP contribution in [0.5, 0.6) is 0 Å². The molecule has 0 aliphatic rings. The van der Waals surface area contributed by atoms with Crippen molar-refractivity contribution in [2.24, 2.45) is 0 Å². The van der Waals surface area contributed by atoms with Crippen LogP contribution in [0.3, 0.4) is 0 Å². The molecule has 6 nitrogen and oxygen atoms in total. The number of hydrogen-bond donors (Lipinski definition) is 2. The molecule has 0 saturated heterocycles. The highest BCUT2D eigenvalue weighted by molar-refractivity contribution is 5.97. The van der Waals surface area contributed by atoms with Gasteiger partial charge in [-0.05, 0) is 30.7 Å². The number of nitrogens with one attached hydrogen (secondary N) is 2. The Hall–Kier alpha value is -3.22. The van der Waals surface area contributed by atoms with Gasteiger partial charge in [0.2, 0.25) is 0 Å². The molecule has 0 heterocycles. The van der Waals surface area contributed by atoms with E-state index in [0.717, 1.165) is 11.6 Å². The second kappa shape index (κ2) is 8.58. The van der Waals surface area contributed by atoms with Gasteiger partial charge in [0.1, 0.15) is 12.4 Å². The Labute approximate surface area is 144 Å². The Morgan fingerprint density at radius 2 is 1.72 bits per heavy atom. The zero-order valence-corrected chi connectivity index (χ0v) is 13.5. The summed E-state index contributed by atoms with van der Waals surface area (Å²) < 4.78 is 18.2. The summed E-state index contributed by atoms with van der Waals surface area (Å²) in [6.07, 6.45) is 0.